The van der Waals surface area contributed by atoms with Crippen molar-refractivity contribution in [2.75, 3.05) is 39.3 Å². The van der Waals surface area contributed by atoms with Crippen LogP contribution < -0.4 is 5.73 Å². The third-order valence-corrected chi connectivity index (χ3v) is 3.53. The number of carbonyl (C=O) groups is 4. The van der Waals surface area contributed by atoms with Crippen LogP contribution in [-0.4, -0.2) is 77.6 Å². The van der Waals surface area contributed by atoms with E-state index in [-0.39, 0.29) is 36.7 Å². The minimum Gasteiger partial charge on any atom is -0.329 e. The summed E-state index contributed by atoms with van der Waals surface area (Å²) >= 11 is 0. The summed E-state index contributed by atoms with van der Waals surface area (Å²) in [6.45, 7) is 2.35. The lowest BCUT2D eigenvalue weighted by atomic mass is 10.4. The molecule has 0 bridgehead atoms. The Kier molecular flexibility index (Phi) is 5.18. The third-order valence-electron chi connectivity index (χ3n) is 3.53. The van der Waals surface area contributed by atoms with E-state index >= 15 is 0 Å². The minimum atomic E-state index is -0.327. The van der Waals surface area contributed by atoms with Gasteiger partial charge in [0.05, 0.1) is 0 Å². The fourth-order valence-electron chi connectivity index (χ4n) is 2.30. The first kappa shape index (κ1) is 16.1. The summed E-state index contributed by atoms with van der Waals surface area (Å²) in [4.78, 5) is 50.1. The first-order valence-electron chi connectivity index (χ1n) is 7.02. The standard InChI is InChI=1S/C14H18N4O4/c15-5-6-16(7-9-17-11(19)1-2-12(17)20)8-10-18-13(21)3-4-14(18)22/h1-4H,5-10,15H2. The summed E-state index contributed by atoms with van der Waals surface area (Å²) in [5.41, 5.74) is 5.54. The highest BCUT2D eigenvalue weighted by molar-refractivity contribution is 6.13. The Morgan fingerprint density at radius 1 is 0.727 bits per heavy atom. The lowest BCUT2D eigenvalue weighted by molar-refractivity contribution is -0.137. The molecule has 8 nitrogen and oxygen atoms in total. The van der Waals surface area contributed by atoms with Crippen LogP contribution in [0.3, 0.4) is 0 Å². The molecular formula is C14H18N4O4. The van der Waals surface area contributed by atoms with E-state index in [1.54, 1.807) is 0 Å². The monoisotopic (exact) mass is 306 g/mol. The molecule has 0 aromatic rings. The number of carbonyl (C=O) groups excluding carboxylic acids is 4. The zero-order valence-electron chi connectivity index (χ0n) is 12.1. The fourth-order valence-corrected chi connectivity index (χ4v) is 2.30. The SMILES string of the molecule is NCCN(CCN1C(=O)C=CC1=O)CCN1C(=O)C=CC1=O. The summed E-state index contributed by atoms with van der Waals surface area (Å²) in [7, 11) is 0. The van der Waals surface area contributed by atoms with Crippen molar-refractivity contribution in [1.82, 2.24) is 14.7 Å². The van der Waals surface area contributed by atoms with Crippen LogP contribution >= 0.6 is 0 Å². The van der Waals surface area contributed by atoms with Gasteiger partial charge in [-0.15, -0.1) is 0 Å². The number of amides is 4. The molecule has 0 spiro atoms. The lowest BCUT2D eigenvalue weighted by Crippen LogP contribution is -2.44. The highest BCUT2D eigenvalue weighted by atomic mass is 16.2. The van der Waals surface area contributed by atoms with Gasteiger partial charge in [-0.25, -0.2) is 0 Å². The summed E-state index contributed by atoms with van der Waals surface area (Å²) in [6.07, 6.45) is 4.96. The summed E-state index contributed by atoms with van der Waals surface area (Å²) in [5, 5.41) is 0. The van der Waals surface area contributed by atoms with Crippen molar-refractivity contribution in [3.63, 3.8) is 0 Å². The van der Waals surface area contributed by atoms with Gasteiger partial charge in [-0.3, -0.25) is 33.9 Å². The predicted octanol–water partition coefficient (Wildman–Crippen LogP) is -1.90. The first-order valence-corrected chi connectivity index (χ1v) is 7.02. The van der Waals surface area contributed by atoms with Gasteiger partial charge in [-0.05, 0) is 0 Å². The minimum absolute atomic E-state index is 0.255. The second-order valence-corrected chi connectivity index (χ2v) is 4.95. The maximum Gasteiger partial charge on any atom is 0.253 e. The number of hydrogen-bond acceptors (Lipinski definition) is 6. The van der Waals surface area contributed by atoms with Crippen LogP contribution in [0.1, 0.15) is 0 Å². The van der Waals surface area contributed by atoms with Crippen molar-refractivity contribution in [3.8, 4) is 0 Å². The Morgan fingerprint density at radius 3 is 1.41 bits per heavy atom. The van der Waals surface area contributed by atoms with Gasteiger partial charge in [-0.2, -0.15) is 0 Å². The molecule has 2 heterocycles. The number of nitrogens with two attached hydrogens (primary N) is 1. The molecule has 0 saturated carbocycles. The van der Waals surface area contributed by atoms with Gasteiger partial charge in [-0.1, -0.05) is 0 Å². The molecule has 4 amide bonds. The van der Waals surface area contributed by atoms with Gasteiger partial charge in [0, 0.05) is 63.6 Å². The van der Waals surface area contributed by atoms with Crippen molar-refractivity contribution in [2.45, 2.75) is 0 Å². The summed E-state index contributed by atoms with van der Waals surface area (Å²) < 4.78 is 0. The second-order valence-electron chi connectivity index (χ2n) is 4.95. The second kappa shape index (κ2) is 7.10. The summed E-state index contributed by atoms with van der Waals surface area (Å²) in [6, 6.07) is 0. The molecule has 22 heavy (non-hydrogen) atoms. The van der Waals surface area contributed by atoms with Gasteiger partial charge < -0.3 is 5.73 Å². The number of imide groups is 2. The van der Waals surface area contributed by atoms with Gasteiger partial charge in [0.15, 0.2) is 0 Å². The molecule has 0 fully saturated rings. The molecule has 8 heteroatoms. The highest BCUT2D eigenvalue weighted by Crippen LogP contribution is 2.05. The molecule has 2 N–H and O–H groups in total. The van der Waals surface area contributed by atoms with Gasteiger partial charge in [0.1, 0.15) is 0 Å². The first-order chi connectivity index (χ1) is 10.5. The van der Waals surface area contributed by atoms with E-state index in [0.29, 0.717) is 26.2 Å². The Labute approximate surface area is 127 Å². The Hall–Kier alpha value is -2.32. The largest absolute Gasteiger partial charge is 0.329 e. The molecule has 0 aliphatic carbocycles. The van der Waals surface area contributed by atoms with Crippen LogP contribution in [0.25, 0.3) is 0 Å². The van der Waals surface area contributed by atoms with Crippen molar-refractivity contribution < 1.29 is 19.2 Å². The van der Waals surface area contributed by atoms with Crippen LogP contribution in [0.2, 0.25) is 0 Å². The quantitative estimate of drug-likeness (QED) is 0.525. The zero-order chi connectivity index (χ0) is 16.1. The molecule has 2 aliphatic rings. The van der Waals surface area contributed by atoms with Gasteiger partial charge in [0.25, 0.3) is 23.6 Å². The molecule has 2 rings (SSSR count). The van der Waals surface area contributed by atoms with E-state index in [2.05, 4.69) is 0 Å². The average Bonchev–Trinajstić information content (AvgIpc) is 2.97. The third kappa shape index (κ3) is 3.66. The molecule has 2 aliphatic heterocycles. The van der Waals surface area contributed by atoms with Crippen molar-refractivity contribution in [1.29, 1.82) is 0 Å². The normalized spacial score (nSPS) is 17.7. The van der Waals surface area contributed by atoms with E-state index in [9.17, 15) is 19.2 Å². The van der Waals surface area contributed by atoms with Crippen molar-refractivity contribution >= 4 is 23.6 Å². The maximum atomic E-state index is 11.5. The molecule has 0 atom stereocenters. The van der Waals surface area contributed by atoms with Gasteiger partial charge >= 0.3 is 0 Å². The van der Waals surface area contributed by atoms with Crippen molar-refractivity contribution in [3.05, 3.63) is 24.3 Å². The van der Waals surface area contributed by atoms with E-state index in [1.807, 2.05) is 4.90 Å². The van der Waals surface area contributed by atoms with Gasteiger partial charge in [0.2, 0.25) is 0 Å². The molecular weight excluding hydrogens is 288 g/mol. The highest BCUT2D eigenvalue weighted by Gasteiger charge is 2.25. The molecule has 0 unspecified atom stereocenters. The Balaban J connectivity index is 1.82. The Morgan fingerprint density at radius 2 is 1.09 bits per heavy atom. The van der Waals surface area contributed by atoms with Crippen LogP contribution in [0.5, 0.6) is 0 Å². The number of nitrogens with zero attached hydrogens (tertiary/aromatic N) is 3. The van der Waals surface area contributed by atoms with Crippen LogP contribution in [0.4, 0.5) is 0 Å². The molecule has 118 valence electrons. The predicted molar refractivity (Wildman–Crippen MR) is 77.2 cm³/mol. The topological polar surface area (TPSA) is 104 Å². The number of rotatable bonds is 8. The van der Waals surface area contributed by atoms with E-state index in [1.165, 1.54) is 24.3 Å². The molecule has 0 radical (unpaired) electrons. The van der Waals surface area contributed by atoms with Crippen molar-refractivity contribution in [2.24, 2.45) is 5.73 Å². The summed E-state index contributed by atoms with van der Waals surface area (Å²) in [5.74, 6) is -1.31. The maximum absolute atomic E-state index is 11.5. The van der Waals surface area contributed by atoms with Crippen LogP contribution in [-0.2, 0) is 19.2 Å². The van der Waals surface area contributed by atoms with Crippen LogP contribution in [0.15, 0.2) is 24.3 Å². The fraction of sp³-hybridized carbons (Fsp3) is 0.429. The van der Waals surface area contributed by atoms with E-state index in [4.69, 9.17) is 5.73 Å². The molecule has 0 aromatic heterocycles. The van der Waals surface area contributed by atoms with Crippen LogP contribution in [0, 0.1) is 0 Å². The van der Waals surface area contributed by atoms with E-state index in [0.717, 1.165) is 9.80 Å². The Bertz CT molecular complexity index is 473. The molecule has 0 saturated heterocycles. The van der Waals surface area contributed by atoms with E-state index < -0.39 is 0 Å². The zero-order valence-corrected chi connectivity index (χ0v) is 12.1. The average molecular weight is 306 g/mol. The molecule has 0 aromatic carbocycles. The smallest absolute Gasteiger partial charge is 0.253 e. The number of hydrogen-bond donors (Lipinski definition) is 1. The lowest BCUT2D eigenvalue weighted by Gasteiger charge is -2.25.